The number of benzene rings is 3. The van der Waals surface area contributed by atoms with Crippen molar-refractivity contribution in [2.75, 3.05) is 0 Å². The number of carbonyl (C=O) groups excluding carboxylic acids is 1. The highest BCUT2D eigenvalue weighted by Gasteiger charge is 2.44. The van der Waals surface area contributed by atoms with Gasteiger partial charge in [-0.15, -0.1) is 11.8 Å². The number of nitrogens with zero attached hydrogens (tertiary/aromatic N) is 1. The molecule has 1 heterocycles. The Morgan fingerprint density at radius 2 is 1.54 bits per heavy atom. The number of thioether (sulfide) groups is 1. The summed E-state index contributed by atoms with van der Waals surface area (Å²) in [5, 5.41) is 0.0264. The van der Waals surface area contributed by atoms with E-state index in [0.29, 0.717) is 0 Å². The van der Waals surface area contributed by atoms with Gasteiger partial charge < -0.3 is 0 Å². The summed E-state index contributed by atoms with van der Waals surface area (Å²) in [6, 6.07) is 24.5. The average Bonchev–Trinajstić information content (AvgIpc) is 2.84. The van der Waals surface area contributed by atoms with Gasteiger partial charge >= 0.3 is 0 Å². The van der Waals surface area contributed by atoms with Crippen LogP contribution in [0.15, 0.2) is 82.7 Å². The van der Waals surface area contributed by atoms with E-state index in [1.807, 2.05) is 48.5 Å². The van der Waals surface area contributed by atoms with E-state index < -0.39 is 0 Å². The first kappa shape index (κ1) is 15.6. The topological polar surface area (TPSA) is 29.4 Å². The Morgan fingerprint density at radius 1 is 0.846 bits per heavy atom. The fourth-order valence-corrected chi connectivity index (χ4v) is 5.37. The number of hydrogen-bond donors (Lipinski definition) is 0. The zero-order valence-corrected chi connectivity index (χ0v) is 15.2. The number of para-hydroxylation sites is 1. The third-order valence-electron chi connectivity index (χ3n) is 5.20. The van der Waals surface area contributed by atoms with Gasteiger partial charge in [0, 0.05) is 16.0 Å². The van der Waals surface area contributed by atoms with Crippen molar-refractivity contribution >= 4 is 28.9 Å². The molecule has 0 amide bonds. The molecule has 0 unspecified atom stereocenters. The van der Waals surface area contributed by atoms with Crippen molar-refractivity contribution in [3.63, 3.8) is 0 Å². The van der Waals surface area contributed by atoms with E-state index in [9.17, 15) is 4.79 Å². The van der Waals surface area contributed by atoms with E-state index >= 15 is 0 Å². The second kappa shape index (κ2) is 5.96. The van der Waals surface area contributed by atoms with Gasteiger partial charge in [0.15, 0.2) is 5.78 Å². The van der Waals surface area contributed by atoms with Gasteiger partial charge in [0.05, 0.1) is 22.6 Å². The number of ketones is 1. The summed E-state index contributed by atoms with van der Waals surface area (Å²) in [4.78, 5) is 19.4. The van der Waals surface area contributed by atoms with E-state index in [1.54, 1.807) is 11.8 Å². The first-order valence-electron chi connectivity index (χ1n) is 8.77. The van der Waals surface area contributed by atoms with E-state index in [1.165, 1.54) is 11.1 Å². The van der Waals surface area contributed by atoms with Crippen LogP contribution in [0.4, 0.5) is 5.69 Å². The predicted molar refractivity (Wildman–Crippen MR) is 107 cm³/mol. The standard InChI is InChI=1S/C23H17NOS/c1-14-8-2-3-9-15(14)23-20-21(16-10-4-5-11-17(16)22(20)25)24-18-12-6-7-13-19(18)26-23/h2-13,20,23H,1H3/t20-,23+/m1/s1. The molecule has 5 rings (SSSR count). The highest BCUT2D eigenvalue weighted by Crippen LogP contribution is 2.51. The molecule has 0 saturated heterocycles. The van der Waals surface area contributed by atoms with Crippen LogP contribution in [-0.4, -0.2) is 11.5 Å². The molecule has 0 bridgehead atoms. The predicted octanol–water partition coefficient (Wildman–Crippen LogP) is 5.78. The van der Waals surface area contributed by atoms with E-state index in [0.717, 1.165) is 27.4 Å². The Hall–Kier alpha value is -2.65. The Bertz CT molecular complexity index is 1070. The molecule has 3 aromatic rings. The number of aryl methyl sites for hydroxylation is 1. The number of rotatable bonds is 1. The molecule has 2 nitrogen and oxygen atoms in total. The quantitative estimate of drug-likeness (QED) is 0.554. The molecule has 1 aliphatic heterocycles. The van der Waals surface area contributed by atoms with Gasteiger partial charge in [-0.3, -0.25) is 9.79 Å². The molecule has 2 aliphatic rings. The second-order valence-corrected chi connectivity index (χ2v) is 7.93. The lowest BCUT2D eigenvalue weighted by atomic mass is 9.91. The number of carbonyl (C=O) groups is 1. The molecule has 0 N–H and O–H groups in total. The van der Waals surface area contributed by atoms with Crippen LogP contribution in [0, 0.1) is 12.8 Å². The Kier molecular flexibility index (Phi) is 3.57. The maximum atomic E-state index is 13.3. The molecule has 0 radical (unpaired) electrons. The SMILES string of the molecule is Cc1ccccc1[C@@H]1Sc2ccccc2N=C2c3ccccc3C(=O)[C@@H]21. The summed E-state index contributed by atoms with van der Waals surface area (Å²) in [5.41, 5.74) is 6.09. The Morgan fingerprint density at radius 3 is 2.38 bits per heavy atom. The molecule has 0 spiro atoms. The highest BCUT2D eigenvalue weighted by molar-refractivity contribution is 7.99. The minimum atomic E-state index is -0.245. The molecule has 3 heteroatoms. The normalized spacial score (nSPS) is 20.7. The number of Topliss-reactive ketones (excluding diaryl/α,β-unsaturated/α-hetero) is 1. The van der Waals surface area contributed by atoms with Crippen molar-refractivity contribution in [3.05, 3.63) is 95.1 Å². The van der Waals surface area contributed by atoms with Crippen molar-refractivity contribution in [2.45, 2.75) is 17.1 Å². The van der Waals surface area contributed by atoms with E-state index in [2.05, 4.69) is 31.2 Å². The number of hydrogen-bond acceptors (Lipinski definition) is 3. The molecule has 26 heavy (non-hydrogen) atoms. The molecule has 0 fully saturated rings. The summed E-state index contributed by atoms with van der Waals surface area (Å²) in [6.07, 6.45) is 0. The van der Waals surface area contributed by atoms with E-state index in [-0.39, 0.29) is 17.0 Å². The van der Waals surface area contributed by atoms with Crippen LogP contribution >= 0.6 is 11.8 Å². The van der Waals surface area contributed by atoms with E-state index in [4.69, 9.17) is 4.99 Å². The second-order valence-electron chi connectivity index (χ2n) is 6.75. The largest absolute Gasteiger partial charge is 0.293 e. The highest BCUT2D eigenvalue weighted by atomic mass is 32.2. The van der Waals surface area contributed by atoms with Gasteiger partial charge in [-0.2, -0.15) is 0 Å². The zero-order valence-electron chi connectivity index (χ0n) is 14.3. The molecular formula is C23H17NOS. The lowest BCUT2D eigenvalue weighted by Gasteiger charge is -2.23. The third-order valence-corrected chi connectivity index (χ3v) is 6.58. The molecule has 1 aliphatic carbocycles. The average molecular weight is 355 g/mol. The Labute approximate surface area is 157 Å². The molecular weight excluding hydrogens is 338 g/mol. The first-order chi connectivity index (χ1) is 12.7. The summed E-state index contributed by atoms with van der Waals surface area (Å²) in [5.74, 6) is -0.0567. The van der Waals surface area contributed by atoms with Crippen molar-refractivity contribution < 1.29 is 4.79 Å². The fraction of sp³-hybridized carbons (Fsp3) is 0.130. The molecule has 2 atom stereocenters. The minimum Gasteiger partial charge on any atom is -0.293 e. The van der Waals surface area contributed by atoms with Gasteiger partial charge in [0.25, 0.3) is 0 Å². The summed E-state index contributed by atoms with van der Waals surface area (Å²) < 4.78 is 0. The van der Waals surface area contributed by atoms with Crippen LogP contribution in [0.3, 0.4) is 0 Å². The molecule has 126 valence electrons. The van der Waals surface area contributed by atoms with Gasteiger partial charge in [0.2, 0.25) is 0 Å². The molecule has 3 aromatic carbocycles. The monoisotopic (exact) mass is 355 g/mol. The first-order valence-corrected chi connectivity index (χ1v) is 9.65. The number of fused-ring (bicyclic) bond motifs is 4. The minimum absolute atomic E-state index is 0.0264. The zero-order chi connectivity index (χ0) is 17.7. The maximum Gasteiger partial charge on any atom is 0.174 e. The fourth-order valence-electron chi connectivity index (χ4n) is 3.92. The van der Waals surface area contributed by atoms with Gasteiger partial charge in [-0.05, 0) is 30.2 Å². The van der Waals surface area contributed by atoms with Crippen molar-refractivity contribution in [1.82, 2.24) is 0 Å². The van der Waals surface area contributed by atoms with Gasteiger partial charge in [0.1, 0.15) is 0 Å². The maximum absolute atomic E-state index is 13.3. The smallest absolute Gasteiger partial charge is 0.174 e. The van der Waals surface area contributed by atoms with Crippen molar-refractivity contribution in [1.29, 1.82) is 0 Å². The van der Waals surface area contributed by atoms with Gasteiger partial charge in [-0.1, -0.05) is 60.7 Å². The Balaban J connectivity index is 1.78. The van der Waals surface area contributed by atoms with Crippen LogP contribution in [-0.2, 0) is 0 Å². The summed E-state index contributed by atoms with van der Waals surface area (Å²) in [7, 11) is 0. The van der Waals surface area contributed by atoms with Crippen LogP contribution < -0.4 is 0 Å². The van der Waals surface area contributed by atoms with Crippen LogP contribution in [0.1, 0.15) is 32.3 Å². The summed E-state index contributed by atoms with van der Waals surface area (Å²) in [6.45, 7) is 2.12. The lowest BCUT2D eigenvalue weighted by Crippen LogP contribution is -2.22. The van der Waals surface area contributed by atoms with Crippen molar-refractivity contribution in [2.24, 2.45) is 10.9 Å². The molecule has 0 aromatic heterocycles. The van der Waals surface area contributed by atoms with Crippen LogP contribution in [0.5, 0.6) is 0 Å². The number of aliphatic imine (C=N–C) groups is 1. The van der Waals surface area contributed by atoms with Crippen molar-refractivity contribution in [3.8, 4) is 0 Å². The lowest BCUT2D eigenvalue weighted by molar-refractivity contribution is 0.0960. The molecule has 0 saturated carbocycles. The van der Waals surface area contributed by atoms with Gasteiger partial charge in [-0.25, -0.2) is 0 Å². The third kappa shape index (κ3) is 2.27. The van der Waals surface area contributed by atoms with Crippen LogP contribution in [0.25, 0.3) is 0 Å². The van der Waals surface area contributed by atoms with Crippen LogP contribution in [0.2, 0.25) is 0 Å². The summed E-state index contributed by atoms with van der Waals surface area (Å²) >= 11 is 1.76.